The van der Waals surface area contributed by atoms with Crippen LogP contribution in [0.3, 0.4) is 0 Å². The van der Waals surface area contributed by atoms with E-state index in [0.29, 0.717) is 12.2 Å². The molecule has 0 bridgehead atoms. The van der Waals surface area contributed by atoms with Gasteiger partial charge in [0, 0.05) is 0 Å². The van der Waals surface area contributed by atoms with Gasteiger partial charge in [-0.2, -0.15) is 0 Å². The van der Waals surface area contributed by atoms with Gasteiger partial charge in [-0.25, -0.2) is 4.98 Å². The van der Waals surface area contributed by atoms with E-state index < -0.39 is 0 Å². The van der Waals surface area contributed by atoms with Gasteiger partial charge in [-0.3, -0.25) is 4.79 Å². The van der Waals surface area contributed by atoms with E-state index in [1.54, 1.807) is 0 Å². The van der Waals surface area contributed by atoms with Gasteiger partial charge in [0.05, 0.1) is 13.3 Å². The zero-order chi connectivity index (χ0) is 8.97. The average molecular weight is 169 g/mol. The molecule has 0 N–H and O–H groups in total. The van der Waals surface area contributed by atoms with Crippen molar-refractivity contribution in [3.63, 3.8) is 0 Å². The Morgan fingerprint density at radius 1 is 1.83 bits per heavy atom. The van der Waals surface area contributed by atoms with E-state index in [1.165, 1.54) is 19.7 Å². The molecule has 1 aromatic heterocycles. The Morgan fingerprint density at radius 3 is 3.00 bits per heavy atom. The molecule has 0 aromatic carbocycles. The maximum absolute atomic E-state index is 11.1. The topological polar surface area (TPSA) is 52.3 Å². The summed E-state index contributed by atoms with van der Waals surface area (Å²) in [4.78, 5) is 14.9. The Labute approximate surface area is 70.5 Å². The molecule has 4 nitrogen and oxygen atoms in total. The number of ether oxygens (including phenoxy) is 1. The summed E-state index contributed by atoms with van der Waals surface area (Å²) < 4.78 is 9.60. The van der Waals surface area contributed by atoms with Crippen LogP contribution in [0.15, 0.2) is 17.0 Å². The first-order chi connectivity index (χ1) is 5.79. The number of oxazole rings is 1. The normalized spacial score (nSPS) is 12.5. The fraction of sp³-hybridized carbons (Fsp3) is 0.500. The first kappa shape index (κ1) is 8.77. The Hall–Kier alpha value is -1.32. The number of hydrogen-bond donors (Lipinski definition) is 0. The third-order valence-corrected chi connectivity index (χ3v) is 1.69. The highest BCUT2D eigenvalue weighted by molar-refractivity contribution is 5.76. The molecule has 0 aliphatic carbocycles. The molecule has 12 heavy (non-hydrogen) atoms. The Bertz CT molecular complexity index is 243. The van der Waals surface area contributed by atoms with Crippen molar-refractivity contribution in [2.45, 2.75) is 19.3 Å². The van der Waals surface area contributed by atoms with Gasteiger partial charge >= 0.3 is 5.97 Å². The fourth-order valence-corrected chi connectivity index (χ4v) is 1.02. The number of carbonyl (C=O) groups is 1. The lowest BCUT2D eigenvalue weighted by Gasteiger charge is -2.07. The van der Waals surface area contributed by atoms with Gasteiger partial charge < -0.3 is 9.15 Å². The second-order valence-corrected chi connectivity index (χ2v) is 2.39. The second-order valence-electron chi connectivity index (χ2n) is 2.39. The van der Waals surface area contributed by atoms with Gasteiger partial charge in [-0.05, 0) is 6.42 Å². The van der Waals surface area contributed by atoms with Crippen molar-refractivity contribution in [2.75, 3.05) is 7.11 Å². The molecule has 66 valence electrons. The van der Waals surface area contributed by atoms with Gasteiger partial charge in [0.15, 0.2) is 6.39 Å². The summed E-state index contributed by atoms with van der Waals surface area (Å²) in [5, 5.41) is 0. The minimum atomic E-state index is -0.322. The molecule has 0 saturated carbocycles. The van der Waals surface area contributed by atoms with E-state index >= 15 is 0 Å². The zero-order valence-electron chi connectivity index (χ0n) is 7.11. The Balaban J connectivity index is 2.76. The minimum absolute atomic E-state index is 0.283. The molecule has 0 spiro atoms. The van der Waals surface area contributed by atoms with Crippen LogP contribution in [-0.2, 0) is 9.53 Å². The number of esters is 1. The molecule has 0 radical (unpaired) electrons. The minimum Gasteiger partial charge on any atom is -0.468 e. The molecule has 0 saturated heterocycles. The summed E-state index contributed by atoms with van der Waals surface area (Å²) in [5.74, 6) is -0.0453. The van der Waals surface area contributed by atoms with Crippen LogP contribution in [0.2, 0.25) is 0 Å². The van der Waals surface area contributed by atoms with Crippen molar-refractivity contribution in [3.05, 3.63) is 18.4 Å². The monoisotopic (exact) mass is 169 g/mol. The number of carbonyl (C=O) groups excluding carboxylic acids is 1. The number of methoxy groups -OCH3 is 1. The van der Waals surface area contributed by atoms with Crippen LogP contribution < -0.4 is 0 Å². The molecule has 1 atom stereocenters. The highest BCUT2D eigenvalue weighted by Crippen LogP contribution is 2.19. The molecule has 0 aliphatic rings. The van der Waals surface area contributed by atoms with Crippen LogP contribution in [-0.4, -0.2) is 18.1 Å². The predicted molar refractivity (Wildman–Crippen MR) is 41.6 cm³/mol. The first-order valence-corrected chi connectivity index (χ1v) is 3.75. The van der Waals surface area contributed by atoms with E-state index in [1.807, 2.05) is 6.92 Å². The molecule has 0 fully saturated rings. The first-order valence-electron chi connectivity index (χ1n) is 3.75. The van der Waals surface area contributed by atoms with Crippen molar-refractivity contribution >= 4 is 5.97 Å². The number of aromatic nitrogens is 1. The molecule has 0 aliphatic heterocycles. The van der Waals surface area contributed by atoms with Crippen LogP contribution in [0, 0.1) is 0 Å². The highest BCUT2D eigenvalue weighted by Gasteiger charge is 2.21. The third kappa shape index (κ3) is 1.64. The number of hydrogen-bond acceptors (Lipinski definition) is 4. The number of nitrogens with zero attached hydrogens (tertiary/aromatic N) is 1. The summed E-state index contributed by atoms with van der Waals surface area (Å²) in [6.45, 7) is 1.89. The van der Waals surface area contributed by atoms with Crippen LogP contribution in [0.1, 0.15) is 25.0 Å². The molecular formula is C8H11NO3. The quantitative estimate of drug-likeness (QED) is 0.641. The van der Waals surface area contributed by atoms with E-state index in [9.17, 15) is 4.79 Å². The standard InChI is InChI=1S/C8H11NO3/c1-3-6(8(10)11-2)7-4-9-5-12-7/h4-6H,3H2,1-2H3. The maximum atomic E-state index is 11.1. The summed E-state index contributed by atoms with van der Waals surface area (Å²) in [5.41, 5.74) is 0. The van der Waals surface area contributed by atoms with E-state index in [0.717, 1.165) is 0 Å². The summed E-state index contributed by atoms with van der Waals surface area (Å²) >= 11 is 0. The number of rotatable bonds is 3. The maximum Gasteiger partial charge on any atom is 0.316 e. The van der Waals surface area contributed by atoms with Gasteiger partial charge in [-0.15, -0.1) is 0 Å². The molecule has 4 heteroatoms. The van der Waals surface area contributed by atoms with Crippen LogP contribution in [0.5, 0.6) is 0 Å². The molecule has 1 unspecified atom stereocenters. The molecule has 1 rings (SSSR count). The fourth-order valence-electron chi connectivity index (χ4n) is 1.02. The lowest BCUT2D eigenvalue weighted by molar-refractivity contribution is -0.142. The summed E-state index contributed by atoms with van der Waals surface area (Å²) in [7, 11) is 1.36. The van der Waals surface area contributed by atoms with Crippen molar-refractivity contribution in [1.82, 2.24) is 4.98 Å². The van der Waals surface area contributed by atoms with Crippen LogP contribution in [0.25, 0.3) is 0 Å². The molecular weight excluding hydrogens is 158 g/mol. The highest BCUT2D eigenvalue weighted by atomic mass is 16.5. The predicted octanol–water partition coefficient (Wildman–Crippen LogP) is 1.34. The van der Waals surface area contributed by atoms with E-state index in [2.05, 4.69) is 9.72 Å². The summed E-state index contributed by atoms with van der Waals surface area (Å²) in [6.07, 6.45) is 3.49. The van der Waals surface area contributed by atoms with Gasteiger partial charge in [0.2, 0.25) is 0 Å². The van der Waals surface area contributed by atoms with E-state index in [4.69, 9.17) is 4.42 Å². The zero-order valence-corrected chi connectivity index (χ0v) is 7.11. The molecule has 1 aromatic rings. The smallest absolute Gasteiger partial charge is 0.316 e. The van der Waals surface area contributed by atoms with Crippen molar-refractivity contribution in [2.24, 2.45) is 0 Å². The van der Waals surface area contributed by atoms with E-state index in [-0.39, 0.29) is 11.9 Å². The van der Waals surface area contributed by atoms with Crippen LogP contribution >= 0.6 is 0 Å². The Kier molecular flexibility index (Phi) is 2.85. The molecule has 0 amide bonds. The van der Waals surface area contributed by atoms with Gasteiger partial charge in [0.25, 0.3) is 0 Å². The van der Waals surface area contributed by atoms with Crippen molar-refractivity contribution in [3.8, 4) is 0 Å². The Morgan fingerprint density at radius 2 is 2.58 bits per heavy atom. The summed E-state index contributed by atoms with van der Waals surface area (Å²) in [6, 6.07) is 0. The molecule has 1 heterocycles. The third-order valence-electron chi connectivity index (χ3n) is 1.69. The van der Waals surface area contributed by atoms with Crippen LogP contribution in [0.4, 0.5) is 0 Å². The SMILES string of the molecule is CCC(C(=O)OC)c1cnco1. The van der Waals surface area contributed by atoms with Gasteiger partial charge in [0.1, 0.15) is 11.7 Å². The largest absolute Gasteiger partial charge is 0.468 e. The average Bonchev–Trinajstić information content (AvgIpc) is 2.58. The van der Waals surface area contributed by atoms with Gasteiger partial charge in [-0.1, -0.05) is 6.92 Å². The lowest BCUT2D eigenvalue weighted by atomic mass is 10.1. The van der Waals surface area contributed by atoms with Crippen molar-refractivity contribution in [1.29, 1.82) is 0 Å². The second kappa shape index (κ2) is 3.90. The van der Waals surface area contributed by atoms with Crippen molar-refractivity contribution < 1.29 is 13.9 Å². The lowest BCUT2D eigenvalue weighted by Crippen LogP contribution is -2.12.